The lowest BCUT2D eigenvalue weighted by Crippen LogP contribution is -2.46. The van der Waals surface area contributed by atoms with E-state index in [1.807, 2.05) is 13.8 Å². The number of ether oxygens (including phenoxy) is 3. The van der Waals surface area contributed by atoms with Gasteiger partial charge in [-0.1, -0.05) is 51.9 Å². The van der Waals surface area contributed by atoms with E-state index in [4.69, 9.17) is 14.2 Å². The van der Waals surface area contributed by atoms with Gasteiger partial charge in [0.05, 0.1) is 17.6 Å². The van der Waals surface area contributed by atoms with E-state index in [2.05, 4.69) is 6.92 Å². The number of aliphatic hydroxyl groups excluding tert-OH is 2. The van der Waals surface area contributed by atoms with E-state index in [0.29, 0.717) is 12.0 Å². The van der Waals surface area contributed by atoms with Crippen LogP contribution in [0.25, 0.3) is 0 Å². The largest absolute Gasteiger partial charge is 0.462 e. The Kier molecular flexibility index (Phi) is 12.2. The zero-order valence-corrected chi connectivity index (χ0v) is 19.9. The summed E-state index contributed by atoms with van der Waals surface area (Å²) >= 11 is 0. The second-order valence-corrected chi connectivity index (χ2v) is 9.61. The molecule has 0 aromatic heterocycles. The highest BCUT2D eigenvalue weighted by Crippen LogP contribution is 2.27. The average Bonchev–Trinajstić information content (AvgIpc) is 2.65. The minimum atomic E-state index is -1.04. The van der Waals surface area contributed by atoms with Crippen LogP contribution in [0.2, 0.25) is 0 Å². The van der Waals surface area contributed by atoms with E-state index in [1.54, 1.807) is 26.8 Å². The van der Waals surface area contributed by atoms with Crippen molar-refractivity contribution in [3.63, 3.8) is 0 Å². The lowest BCUT2D eigenvalue weighted by Gasteiger charge is -2.36. The summed E-state index contributed by atoms with van der Waals surface area (Å²) in [5, 5.41) is 21.5. The summed E-state index contributed by atoms with van der Waals surface area (Å²) in [4.78, 5) is 12.1. The molecular weight excluding hydrogens is 384 g/mol. The maximum absolute atomic E-state index is 12.1. The van der Waals surface area contributed by atoms with Crippen molar-refractivity contribution in [3.8, 4) is 0 Å². The van der Waals surface area contributed by atoms with Gasteiger partial charge in [-0.15, -0.1) is 0 Å². The number of hydrogen-bond donors (Lipinski definition) is 2. The fraction of sp³-hybridized carbons (Fsp3) is 0.875. The topological polar surface area (TPSA) is 85.2 Å². The summed E-state index contributed by atoms with van der Waals surface area (Å²) in [7, 11) is 0. The molecule has 4 atom stereocenters. The van der Waals surface area contributed by atoms with Gasteiger partial charge in [-0.3, -0.25) is 4.79 Å². The average molecular weight is 429 g/mol. The summed E-state index contributed by atoms with van der Waals surface area (Å²) in [5.41, 5.74) is -0.141. The first-order valence-corrected chi connectivity index (χ1v) is 11.6. The van der Waals surface area contributed by atoms with Gasteiger partial charge >= 0.3 is 5.97 Å². The molecule has 1 aliphatic rings. The maximum atomic E-state index is 12.1. The highest BCUT2D eigenvalue weighted by Gasteiger charge is 2.36. The van der Waals surface area contributed by atoms with Crippen LogP contribution in [0.4, 0.5) is 0 Å². The molecule has 1 rings (SSSR count). The summed E-state index contributed by atoms with van der Waals surface area (Å²) in [6.07, 6.45) is 7.05. The Morgan fingerprint density at radius 3 is 2.30 bits per heavy atom. The molecule has 0 bridgehead atoms. The third-order valence-corrected chi connectivity index (χ3v) is 5.19. The van der Waals surface area contributed by atoms with Crippen molar-refractivity contribution in [3.05, 3.63) is 11.6 Å². The molecule has 0 saturated carbocycles. The van der Waals surface area contributed by atoms with Crippen LogP contribution in [0.5, 0.6) is 0 Å². The third-order valence-electron chi connectivity index (χ3n) is 5.19. The normalized spacial score (nSPS) is 23.4. The molecule has 0 aromatic carbocycles. The van der Waals surface area contributed by atoms with E-state index in [0.717, 1.165) is 12.8 Å². The second kappa shape index (κ2) is 13.5. The van der Waals surface area contributed by atoms with E-state index in [9.17, 15) is 15.0 Å². The van der Waals surface area contributed by atoms with Crippen LogP contribution in [-0.2, 0) is 19.0 Å². The Morgan fingerprint density at radius 1 is 1.13 bits per heavy atom. The quantitative estimate of drug-likeness (QED) is 0.255. The lowest BCUT2D eigenvalue weighted by molar-refractivity contribution is -0.205. The van der Waals surface area contributed by atoms with Crippen molar-refractivity contribution in [1.82, 2.24) is 0 Å². The Balaban J connectivity index is 2.66. The highest BCUT2D eigenvalue weighted by atomic mass is 16.7. The van der Waals surface area contributed by atoms with Crippen molar-refractivity contribution in [2.75, 3.05) is 6.61 Å². The van der Waals surface area contributed by atoms with Crippen molar-refractivity contribution in [2.24, 2.45) is 5.41 Å². The predicted molar refractivity (Wildman–Crippen MR) is 118 cm³/mol. The monoisotopic (exact) mass is 428 g/mol. The molecular formula is C24H44O6. The Labute approximate surface area is 183 Å². The minimum Gasteiger partial charge on any atom is -0.462 e. The van der Waals surface area contributed by atoms with Crippen LogP contribution in [0, 0.1) is 5.41 Å². The smallest absolute Gasteiger partial charge is 0.311 e. The van der Waals surface area contributed by atoms with Gasteiger partial charge in [-0.2, -0.15) is 0 Å². The first kappa shape index (κ1) is 27.1. The number of aliphatic hydroxyl groups is 2. The van der Waals surface area contributed by atoms with Crippen LogP contribution >= 0.6 is 0 Å². The zero-order valence-electron chi connectivity index (χ0n) is 19.9. The summed E-state index contributed by atoms with van der Waals surface area (Å²) < 4.78 is 16.9. The maximum Gasteiger partial charge on any atom is 0.311 e. The molecule has 0 saturated heterocycles. The molecule has 0 radical (unpaired) electrons. The molecule has 176 valence electrons. The minimum absolute atomic E-state index is 0.0826. The zero-order chi connectivity index (χ0) is 22.7. The lowest BCUT2D eigenvalue weighted by atomic mass is 9.93. The number of unbranched alkanes of at least 4 members (excludes halogenated alkanes) is 6. The SMILES string of the molecule is CCCCCCCCC[C@@H](O)C1=C[C@@H](OC(C)C)O[C@H](COC(=O)C(C)(C)C)[C@H]1O. The van der Waals surface area contributed by atoms with Gasteiger partial charge in [0, 0.05) is 0 Å². The molecule has 6 heteroatoms. The standard InChI is InChI=1S/C24H44O6/c1-7-8-9-10-11-12-13-14-19(25)18-15-21(29-17(2)3)30-20(22(18)26)16-28-23(27)24(4,5)6/h15,17,19-22,25-26H,7-14,16H2,1-6H3/t19-,20-,21+,22+/m1/s1. The molecule has 0 aromatic rings. The number of rotatable bonds is 13. The number of esters is 1. The van der Waals surface area contributed by atoms with Gasteiger partial charge in [-0.05, 0) is 52.7 Å². The molecule has 0 spiro atoms. The second-order valence-electron chi connectivity index (χ2n) is 9.61. The molecule has 2 N–H and O–H groups in total. The van der Waals surface area contributed by atoms with Crippen LogP contribution in [0.1, 0.15) is 92.9 Å². The van der Waals surface area contributed by atoms with Crippen LogP contribution < -0.4 is 0 Å². The molecule has 1 heterocycles. The Bertz CT molecular complexity index is 522. The van der Waals surface area contributed by atoms with Crippen molar-refractivity contribution in [1.29, 1.82) is 0 Å². The van der Waals surface area contributed by atoms with Gasteiger partial charge in [0.1, 0.15) is 18.8 Å². The van der Waals surface area contributed by atoms with Gasteiger partial charge < -0.3 is 24.4 Å². The van der Waals surface area contributed by atoms with Crippen molar-refractivity contribution < 1.29 is 29.2 Å². The van der Waals surface area contributed by atoms with E-state index < -0.39 is 30.0 Å². The van der Waals surface area contributed by atoms with Crippen molar-refractivity contribution in [2.45, 2.75) is 124 Å². The van der Waals surface area contributed by atoms with E-state index in [1.165, 1.54) is 32.1 Å². The highest BCUT2D eigenvalue weighted by molar-refractivity contribution is 5.75. The molecule has 1 aliphatic heterocycles. The van der Waals surface area contributed by atoms with Gasteiger partial charge in [-0.25, -0.2) is 0 Å². The molecule has 6 nitrogen and oxygen atoms in total. The first-order valence-electron chi connectivity index (χ1n) is 11.6. The molecule has 0 aliphatic carbocycles. The predicted octanol–water partition coefficient (Wildman–Crippen LogP) is 4.51. The molecule has 0 fully saturated rings. The van der Waals surface area contributed by atoms with Gasteiger partial charge in [0.25, 0.3) is 0 Å². The Morgan fingerprint density at radius 2 is 1.73 bits per heavy atom. The third kappa shape index (κ3) is 9.90. The number of carbonyl (C=O) groups is 1. The van der Waals surface area contributed by atoms with Gasteiger partial charge in [0.15, 0.2) is 6.29 Å². The fourth-order valence-corrected chi connectivity index (χ4v) is 3.37. The fourth-order valence-electron chi connectivity index (χ4n) is 3.37. The van der Waals surface area contributed by atoms with Crippen LogP contribution in [-0.4, -0.2) is 53.5 Å². The van der Waals surface area contributed by atoms with Gasteiger partial charge in [0.2, 0.25) is 0 Å². The van der Waals surface area contributed by atoms with Crippen LogP contribution in [0.15, 0.2) is 11.6 Å². The van der Waals surface area contributed by atoms with E-state index in [-0.39, 0.29) is 18.7 Å². The summed E-state index contributed by atoms with van der Waals surface area (Å²) in [6, 6.07) is 0. The number of carbonyl (C=O) groups excluding carboxylic acids is 1. The Hall–Kier alpha value is -0.950. The number of hydrogen-bond acceptors (Lipinski definition) is 6. The first-order chi connectivity index (χ1) is 14.1. The molecule has 0 unspecified atom stereocenters. The molecule has 30 heavy (non-hydrogen) atoms. The molecule has 0 amide bonds. The van der Waals surface area contributed by atoms with E-state index >= 15 is 0 Å². The van der Waals surface area contributed by atoms with Crippen LogP contribution in [0.3, 0.4) is 0 Å². The van der Waals surface area contributed by atoms with Crippen molar-refractivity contribution >= 4 is 5.97 Å². The summed E-state index contributed by atoms with van der Waals surface area (Å²) in [6.45, 7) is 11.2. The summed E-state index contributed by atoms with van der Waals surface area (Å²) in [5.74, 6) is -0.362.